The molecular formula is C23H30N4O3. The van der Waals surface area contributed by atoms with Crippen molar-refractivity contribution in [2.45, 2.75) is 26.8 Å². The summed E-state index contributed by atoms with van der Waals surface area (Å²) >= 11 is 0. The normalized spacial score (nSPS) is 27.0. The summed E-state index contributed by atoms with van der Waals surface area (Å²) in [6.07, 6.45) is 5.20. The number of carbonyl (C=O) groups excluding carboxylic acids is 2. The first-order chi connectivity index (χ1) is 14.5. The summed E-state index contributed by atoms with van der Waals surface area (Å²) in [5.41, 5.74) is 2.16. The van der Waals surface area contributed by atoms with Gasteiger partial charge in [-0.25, -0.2) is 4.99 Å². The number of methoxy groups -OCH3 is 1. The van der Waals surface area contributed by atoms with Crippen molar-refractivity contribution in [2.24, 2.45) is 28.7 Å². The Hall–Kier alpha value is -2.83. The Morgan fingerprint density at radius 1 is 1.17 bits per heavy atom. The van der Waals surface area contributed by atoms with E-state index < -0.39 is 0 Å². The molecule has 2 fully saturated rings. The van der Waals surface area contributed by atoms with Crippen LogP contribution in [0.2, 0.25) is 0 Å². The van der Waals surface area contributed by atoms with Crippen molar-refractivity contribution in [3.05, 3.63) is 41.5 Å². The van der Waals surface area contributed by atoms with Crippen molar-refractivity contribution >= 4 is 17.8 Å². The van der Waals surface area contributed by atoms with Crippen LogP contribution < -0.4 is 15.4 Å². The van der Waals surface area contributed by atoms with E-state index in [1.807, 2.05) is 26.0 Å². The van der Waals surface area contributed by atoms with Gasteiger partial charge in [-0.2, -0.15) is 0 Å². The zero-order valence-electron chi connectivity index (χ0n) is 17.9. The molecule has 0 aromatic heterocycles. The highest BCUT2D eigenvalue weighted by Gasteiger charge is 2.58. The molecule has 1 heterocycles. The van der Waals surface area contributed by atoms with Gasteiger partial charge in [0.25, 0.3) is 0 Å². The highest BCUT2D eigenvalue weighted by molar-refractivity contribution is 6.06. The fourth-order valence-corrected chi connectivity index (χ4v) is 5.02. The van der Waals surface area contributed by atoms with Crippen molar-refractivity contribution < 1.29 is 14.3 Å². The van der Waals surface area contributed by atoms with Crippen LogP contribution in [-0.2, 0) is 16.1 Å². The van der Waals surface area contributed by atoms with E-state index in [9.17, 15) is 9.59 Å². The number of hydrogen-bond acceptors (Lipinski definition) is 4. The molecule has 1 aliphatic heterocycles. The van der Waals surface area contributed by atoms with Crippen molar-refractivity contribution in [3.8, 4) is 5.75 Å². The maximum atomic E-state index is 12.8. The largest absolute Gasteiger partial charge is 0.496 e. The van der Waals surface area contributed by atoms with Gasteiger partial charge in [0.2, 0.25) is 11.8 Å². The first-order valence-electron chi connectivity index (χ1n) is 10.7. The molecule has 1 saturated carbocycles. The zero-order valence-corrected chi connectivity index (χ0v) is 17.9. The number of hydrogen-bond donors (Lipinski definition) is 2. The minimum atomic E-state index is -0.132. The topological polar surface area (TPSA) is 83.0 Å². The van der Waals surface area contributed by atoms with E-state index >= 15 is 0 Å². The van der Waals surface area contributed by atoms with E-state index in [4.69, 9.17) is 4.74 Å². The van der Waals surface area contributed by atoms with Gasteiger partial charge in [0, 0.05) is 19.6 Å². The summed E-state index contributed by atoms with van der Waals surface area (Å²) in [6.45, 7) is 6.13. The molecule has 4 rings (SSSR count). The molecule has 0 spiro atoms. The van der Waals surface area contributed by atoms with Gasteiger partial charge in [-0.1, -0.05) is 24.3 Å². The lowest BCUT2D eigenvalue weighted by Gasteiger charge is -2.18. The molecule has 3 aliphatic rings. The van der Waals surface area contributed by atoms with Crippen LogP contribution in [0.4, 0.5) is 0 Å². The summed E-state index contributed by atoms with van der Waals surface area (Å²) < 4.78 is 5.30. The Kier molecular flexibility index (Phi) is 5.79. The van der Waals surface area contributed by atoms with Crippen molar-refractivity contribution in [1.29, 1.82) is 0 Å². The van der Waals surface area contributed by atoms with Gasteiger partial charge in [-0.15, -0.1) is 0 Å². The molecule has 7 heteroatoms. The molecule has 1 aromatic carbocycles. The van der Waals surface area contributed by atoms with Crippen LogP contribution >= 0.6 is 0 Å². The number of aliphatic imine (C=N–C) groups is 1. The second-order valence-electron chi connectivity index (χ2n) is 8.25. The Morgan fingerprint density at radius 2 is 1.87 bits per heavy atom. The first-order valence-corrected chi connectivity index (χ1v) is 10.7. The number of allylic oxidation sites excluding steroid dienone is 2. The number of imide groups is 1. The minimum Gasteiger partial charge on any atom is -0.496 e. The number of amides is 2. The van der Waals surface area contributed by atoms with E-state index in [-0.39, 0.29) is 35.5 Å². The summed E-state index contributed by atoms with van der Waals surface area (Å²) in [5, 5.41) is 6.47. The molecular weight excluding hydrogens is 380 g/mol. The lowest BCUT2D eigenvalue weighted by atomic mass is 9.85. The minimum absolute atomic E-state index is 0.000650. The quantitative estimate of drug-likeness (QED) is 0.310. The second-order valence-corrected chi connectivity index (χ2v) is 8.25. The Morgan fingerprint density at radius 3 is 2.47 bits per heavy atom. The van der Waals surface area contributed by atoms with Crippen molar-refractivity contribution in [1.82, 2.24) is 15.5 Å². The second kappa shape index (κ2) is 8.50. The van der Waals surface area contributed by atoms with Crippen LogP contribution in [0.5, 0.6) is 5.75 Å². The smallest absolute Gasteiger partial charge is 0.233 e. The zero-order chi connectivity index (χ0) is 21.3. The van der Waals surface area contributed by atoms with Gasteiger partial charge < -0.3 is 15.4 Å². The number of carbonyl (C=O) groups is 2. The number of ether oxygens (including phenoxy) is 1. The summed E-state index contributed by atoms with van der Waals surface area (Å²) in [6, 6.07) is 6.01. The Labute approximate surface area is 177 Å². The third-order valence-electron chi connectivity index (χ3n) is 6.41. The van der Waals surface area contributed by atoms with Crippen LogP contribution in [0.25, 0.3) is 0 Å². The predicted molar refractivity (Wildman–Crippen MR) is 115 cm³/mol. The van der Waals surface area contributed by atoms with Gasteiger partial charge >= 0.3 is 0 Å². The number of likely N-dealkylation sites (tertiary alicyclic amines) is 1. The van der Waals surface area contributed by atoms with Crippen LogP contribution in [0.15, 0.2) is 35.3 Å². The lowest BCUT2D eigenvalue weighted by molar-refractivity contribution is -0.140. The maximum absolute atomic E-state index is 12.8. The first kappa shape index (κ1) is 20.4. The van der Waals surface area contributed by atoms with Crippen molar-refractivity contribution in [2.75, 3.05) is 26.7 Å². The third kappa shape index (κ3) is 3.68. The Bertz CT molecular complexity index is 864. The number of fused-ring (bicyclic) bond motifs is 5. The molecule has 2 aliphatic carbocycles. The average molecular weight is 411 g/mol. The maximum Gasteiger partial charge on any atom is 0.233 e. The van der Waals surface area contributed by atoms with Gasteiger partial charge in [0.05, 0.1) is 25.5 Å². The average Bonchev–Trinajstić information content (AvgIpc) is 3.41. The highest BCUT2D eigenvalue weighted by Crippen LogP contribution is 2.52. The molecule has 30 heavy (non-hydrogen) atoms. The van der Waals surface area contributed by atoms with Crippen molar-refractivity contribution in [3.63, 3.8) is 0 Å². The monoisotopic (exact) mass is 410 g/mol. The molecule has 2 N–H and O–H groups in total. The number of guanidine groups is 1. The van der Waals surface area contributed by atoms with Crippen LogP contribution in [0.1, 0.15) is 24.5 Å². The highest BCUT2D eigenvalue weighted by atomic mass is 16.5. The third-order valence-corrected chi connectivity index (χ3v) is 6.41. The van der Waals surface area contributed by atoms with Crippen LogP contribution in [0, 0.1) is 30.6 Å². The standard InChI is InChI=1S/C23H30N4O3/c1-4-24-23(26-13-15-5-8-18(30-3)14(2)11-15)25-9-10-27-21(28)19-16-6-7-17(12-16)20(19)22(27)29/h5-8,11,16-17,19-20H,4,9-10,12-13H2,1-3H3,(H2,24,25,26). The van der Waals surface area contributed by atoms with Gasteiger partial charge in [-0.3, -0.25) is 14.5 Å². The van der Waals surface area contributed by atoms with Crippen LogP contribution in [-0.4, -0.2) is 49.4 Å². The number of aryl methyl sites for hydroxylation is 1. The molecule has 0 radical (unpaired) electrons. The summed E-state index contributed by atoms with van der Waals surface area (Å²) in [7, 11) is 1.66. The molecule has 2 bridgehead atoms. The molecule has 1 aromatic rings. The van der Waals surface area contributed by atoms with Gasteiger partial charge in [0.1, 0.15) is 5.75 Å². The number of nitrogens with zero attached hydrogens (tertiary/aromatic N) is 2. The number of benzene rings is 1. The molecule has 4 unspecified atom stereocenters. The molecule has 1 saturated heterocycles. The SMILES string of the molecule is CCNC(=NCc1ccc(OC)c(C)c1)NCCN1C(=O)C2C3C=CC(C3)C2C1=O. The van der Waals surface area contributed by atoms with Gasteiger partial charge in [-0.05, 0) is 49.3 Å². The van der Waals surface area contributed by atoms with E-state index in [1.54, 1.807) is 7.11 Å². The fourth-order valence-electron chi connectivity index (χ4n) is 5.02. The predicted octanol–water partition coefficient (Wildman–Crippen LogP) is 1.87. The van der Waals surface area contributed by atoms with E-state index in [0.29, 0.717) is 25.6 Å². The fraction of sp³-hybridized carbons (Fsp3) is 0.522. The lowest BCUT2D eigenvalue weighted by Crippen LogP contribution is -2.43. The molecule has 4 atom stereocenters. The number of rotatable bonds is 7. The van der Waals surface area contributed by atoms with E-state index in [1.165, 1.54) is 4.90 Å². The number of nitrogens with one attached hydrogen (secondary N) is 2. The van der Waals surface area contributed by atoms with E-state index in [2.05, 4.69) is 33.8 Å². The van der Waals surface area contributed by atoms with Gasteiger partial charge in [0.15, 0.2) is 5.96 Å². The molecule has 7 nitrogen and oxygen atoms in total. The van der Waals surface area contributed by atoms with Crippen LogP contribution in [0.3, 0.4) is 0 Å². The summed E-state index contributed by atoms with van der Waals surface area (Å²) in [5.74, 6) is 1.77. The van der Waals surface area contributed by atoms with E-state index in [0.717, 1.165) is 29.8 Å². The molecule has 2 amide bonds. The summed E-state index contributed by atoms with van der Waals surface area (Å²) in [4.78, 5) is 31.6. The Balaban J connectivity index is 1.33. The molecule has 160 valence electrons.